The van der Waals surface area contributed by atoms with Crippen molar-refractivity contribution in [3.05, 3.63) is 0 Å². The first kappa shape index (κ1) is 13.4. The lowest BCUT2D eigenvalue weighted by atomic mass is 9.65. The smallest absolute Gasteiger partial charge is 0.00176 e. The van der Waals surface area contributed by atoms with Crippen molar-refractivity contribution in [2.45, 2.75) is 59.8 Å². The summed E-state index contributed by atoms with van der Waals surface area (Å²) in [5.74, 6) is 3.86. The van der Waals surface area contributed by atoms with E-state index < -0.39 is 0 Å². The van der Waals surface area contributed by atoms with Crippen molar-refractivity contribution in [2.24, 2.45) is 29.1 Å². The average molecular weight is 237 g/mol. The molecule has 2 aliphatic rings. The van der Waals surface area contributed by atoms with E-state index in [1.54, 1.807) is 0 Å². The number of hydrogen-bond donors (Lipinski definition) is 1. The summed E-state index contributed by atoms with van der Waals surface area (Å²) in [7, 11) is 0. The summed E-state index contributed by atoms with van der Waals surface area (Å²) in [4.78, 5) is 0. The van der Waals surface area contributed by atoms with Crippen LogP contribution in [0, 0.1) is 29.1 Å². The molecule has 0 aromatic carbocycles. The van der Waals surface area contributed by atoms with Gasteiger partial charge < -0.3 is 5.32 Å². The highest BCUT2D eigenvalue weighted by molar-refractivity contribution is 4.93. The molecule has 0 aromatic heterocycles. The van der Waals surface area contributed by atoms with Gasteiger partial charge in [0.1, 0.15) is 0 Å². The zero-order valence-corrected chi connectivity index (χ0v) is 12.3. The van der Waals surface area contributed by atoms with Crippen molar-refractivity contribution in [2.75, 3.05) is 13.1 Å². The molecule has 0 spiro atoms. The van der Waals surface area contributed by atoms with Crippen LogP contribution >= 0.6 is 0 Å². The Balaban J connectivity index is 1.83. The quantitative estimate of drug-likeness (QED) is 0.759. The SMILES string of the molecule is CC(C)CNCC1CCC(C)(C)CC1C1CC1. The molecule has 2 fully saturated rings. The van der Waals surface area contributed by atoms with Gasteiger partial charge in [0.15, 0.2) is 0 Å². The highest BCUT2D eigenvalue weighted by Gasteiger charge is 2.42. The van der Waals surface area contributed by atoms with Gasteiger partial charge in [-0.15, -0.1) is 0 Å². The lowest BCUT2D eigenvalue weighted by molar-refractivity contribution is 0.101. The molecule has 2 unspecified atom stereocenters. The average Bonchev–Trinajstić information content (AvgIpc) is 3.02. The van der Waals surface area contributed by atoms with E-state index in [1.807, 2.05) is 0 Å². The molecule has 0 aliphatic heterocycles. The molecule has 2 saturated carbocycles. The molecular weight excluding hydrogens is 206 g/mol. The lowest BCUT2D eigenvalue weighted by Crippen LogP contribution is -2.37. The molecule has 2 atom stereocenters. The highest BCUT2D eigenvalue weighted by atomic mass is 14.9. The Kier molecular flexibility index (Phi) is 4.18. The molecule has 0 saturated heterocycles. The minimum absolute atomic E-state index is 0.613. The maximum atomic E-state index is 3.69. The van der Waals surface area contributed by atoms with Crippen LogP contribution in [-0.2, 0) is 0 Å². The molecule has 1 nitrogen and oxygen atoms in total. The van der Waals surface area contributed by atoms with Crippen LogP contribution in [0.4, 0.5) is 0 Å². The van der Waals surface area contributed by atoms with Gasteiger partial charge in [0.05, 0.1) is 0 Å². The summed E-state index contributed by atoms with van der Waals surface area (Å²) in [6.45, 7) is 12.0. The minimum Gasteiger partial charge on any atom is -0.316 e. The molecule has 0 bridgehead atoms. The van der Waals surface area contributed by atoms with Gasteiger partial charge in [0, 0.05) is 0 Å². The highest BCUT2D eigenvalue weighted by Crippen LogP contribution is 2.51. The normalized spacial score (nSPS) is 33.0. The maximum absolute atomic E-state index is 3.69. The molecule has 0 aromatic rings. The molecule has 2 rings (SSSR count). The largest absolute Gasteiger partial charge is 0.316 e. The van der Waals surface area contributed by atoms with Gasteiger partial charge in [0.2, 0.25) is 0 Å². The van der Waals surface area contributed by atoms with Crippen molar-refractivity contribution >= 4 is 0 Å². The van der Waals surface area contributed by atoms with E-state index >= 15 is 0 Å². The Morgan fingerprint density at radius 1 is 1.18 bits per heavy atom. The van der Waals surface area contributed by atoms with Crippen LogP contribution in [0.2, 0.25) is 0 Å². The summed E-state index contributed by atoms with van der Waals surface area (Å²) in [5, 5.41) is 3.69. The Hall–Kier alpha value is -0.0400. The summed E-state index contributed by atoms with van der Waals surface area (Å²) in [6, 6.07) is 0. The lowest BCUT2D eigenvalue weighted by Gasteiger charge is -2.41. The van der Waals surface area contributed by atoms with E-state index in [0.29, 0.717) is 5.41 Å². The Bertz CT molecular complexity index is 240. The predicted molar refractivity (Wildman–Crippen MR) is 75.0 cm³/mol. The molecule has 0 radical (unpaired) electrons. The second kappa shape index (κ2) is 5.30. The van der Waals surface area contributed by atoms with E-state index in [2.05, 4.69) is 33.0 Å². The topological polar surface area (TPSA) is 12.0 Å². The van der Waals surface area contributed by atoms with Crippen molar-refractivity contribution in [1.29, 1.82) is 0 Å². The third kappa shape index (κ3) is 3.98. The molecular formula is C16H31N. The molecule has 1 heteroatoms. The van der Waals surface area contributed by atoms with E-state index in [9.17, 15) is 0 Å². The van der Waals surface area contributed by atoms with Crippen molar-refractivity contribution in [3.63, 3.8) is 0 Å². The summed E-state index contributed by atoms with van der Waals surface area (Å²) in [6.07, 6.45) is 7.40. The minimum atomic E-state index is 0.613. The standard InChI is InChI=1S/C16H31N/c1-12(2)10-17-11-14-7-8-16(3,4)9-15(14)13-5-6-13/h12-15,17H,5-11H2,1-4H3. The summed E-state index contributed by atoms with van der Waals surface area (Å²) in [5.41, 5.74) is 0.613. The third-order valence-corrected chi connectivity index (χ3v) is 4.77. The second-order valence-electron chi connectivity index (χ2n) is 7.72. The fraction of sp³-hybridized carbons (Fsp3) is 1.00. The summed E-state index contributed by atoms with van der Waals surface area (Å²) >= 11 is 0. The van der Waals surface area contributed by atoms with Crippen LogP contribution in [0.1, 0.15) is 59.8 Å². The van der Waals surface area contributed by atoms with Crippen LogP contribution in [-0.4, -0.2) is 13.1 Å². The number of rotatable bonds is 5. The van der Waals surface area contributed by atoms with Crippen LogP contribution in [0.25, 0.3) is 0 Å². The molecule has 0 amide bonds. The van der Waals surface area contributed by atoms with E-state index in [-0.39, 0.29) is 0 Å². The van der Waals surface area contributed by atoms with Gasteiger partial charge in [-0.1, -0.05) is 27.7 Å². The van der Waals surface area contributed by atoms with Gasteiger partial charge in [-0.25, -0.2) is 0 Å². The third-order valence-electron chi connectivity index (χ3n) is 4.77. The fourth-order valence-electron chi connectivity index (χ4n) is 3.58. The zero-order valence-electron chi connectivity index (χ0n) is 12.3. The van der Waals surface area contributed by atoms with Crippen LogP contribution in [0.3, 0.4) is 0 Å². The van der Waals surface area contributed by atoms with Gasteiger partial charge in [-0.05, 0) is 74.3 Å². The number of nitrogens with one attached hydrogen (secondary N) is 1. The van der Waals surface area contributed by atoms with Crippen LogP contribution in [0.5, 0.6) is 0 Å². The molecule has 17 heavy (non-hydrogen) atoms. The Morgan fingerprint density at radius 2 is 1.88 bits per heavy atom. The first-order chi connectivity index (χ1) is 7.98. The second-order valence-corrected chi connectivity index (χ2v) is 7.72. The Labute approximate surface area is 108 Å². The van der Waals surface area contributed by atoms with Crippen LogP contribution < -0.4 is 5.32 Å². The first-order valence-electron chi connectivity index (χ1n) is 7.69. The molecule has 100 valence electrons. The molecule has 2 aliphatic carbocycles. The van der Waals surface area contributed by atoms with Crippen molar-refractivity contribution in [3.8, 4) is 0 Å². The Morgan fingerprint density at radius 3 is 2.47 bits per heavy atom. The van der Waals surface area contributed by atoms with E-state index in [0.717, 1.165) is 23.7 Å². The fourth-order valence-corrected chi connectivity index (χ4v) is 3.58. The monoisotopic (exact) mass is 237 g/mol. The zero-order chi connectivity index (χ0) is 12.5. The van der Waals surface area contributed by atoms with E-state index in [1.165, 1.54) is 45.2 Å². The van der Waals surface area contributed by atoms with Gasteiger partial charge >= 0.3 is 0 Å². The molecule has 1 N–H and O–H groups in total. The van der Waals surface area contributed by atoms with Gasteiger partial charge in [-0.3, -0.25) is 0 Å². The van der Waals surface area contributed by atoms with Gasteiger partial charge in [-0.2, -0.15) is 0 Å². The summed E-state index contributed by atoms with van der Waals surface area (Å²) < 4.78 is 0. The maximum Gasteiger partial charge on any atom is -0.00176 e. The number of hydrogen-bond acceptors (Lipinski definition) is 1. The predicted octanol–water partition coefficient (Wildman–Crippen LogP) is 4.08. The van der Waals surface area contributed by atoms with Gasteiger partial charge in [0.25, 0.3) is 0 Å². The van der Waals surface area contributed by atoms with Crippen molar-refractivity contribution < 1.29 is 0 Å². The molecule has 0 heterocycles. The van der Waals surface area contributed by atoms with Crippen LogP contribution in [0.15, 0.2) is 0 Å². The van der Waals surface area contributed by atoms with E-state index in [4.69, 9.17) is 0 Å². The van der Waals surface area contributed by atoms with Crippen molar-refractivity contribution in [1.82, 2.24) is 5.32 Å². The first-order valence-corrected chi connectivity index (χ1v) is 7.69.